The van der Waals surface area contributed by atoms with Gasteiger partial charge >= 0.3 is 0 Å². The average Bonchev–Trinajstić information content (AvgIpc) is 2.28. The van der Waals surface area contributed by atoms with Crippen LogP contribution in [0.15, 0.2) is 33.5 Å². The van der Waals surface area contributed by atoms with Gasteiger partial charge in [-0.25, -0.2) is 4.99 Å². The number of hydrogen-bond acceptors (Lipinski definition) is 2. The van der Waals surface area contributed by atoms with Crippen LogP contribution in [0, 0.1) is 5.92 Å². The van der Waals surface area contributed by atoms with Crippen LogP contribution in [0.3, 0.4) is 0 Å². The highest BCUT2D eigenvalue weighted by Crippen LogP contribution is 2.07. The maximum Gasteiger partial charge on any atom is 0.149 e. The minimum absolute atomic E-state index is 0.461. The van der Waals surface area contributed by atoms with Gasteiger partial charge in [-0.2, -0.15) is 0 Å². The van der Waals surface area contributed by atoms with E-state index in [0.29, 0.717) is 11.8 Å². The zero-order valence-electron chi connectivity index (χ0n) is 11.7. The molecule has 0 spiro atoms. The Morgan fingerprint density at radius 3 is 2.41 bits per heavy atom. The van der Waals surface area contributed by atoms with Crippen LogP contribution < -0.4 is 5.73 Å². The first-order valence-electron chi connectivity index (χ1n) is 6.23. The Balaban J connectivity index is 4.90. The fourth-order valence-corrected chi connectivity index (χ4v) is 1.06. The lowest BCUT2D eigenvalue weighted by Gasteiger charge is -2.05. The largest absolute Gasteiger partial charge is 0.382 e. The van der Waals surface area contributed by atoms with E-state index in [1.165, 1.54) is 0 Å². The van der Waals surface area contributed by atoms with Crippen molar-refractivity contribution in [1.29, 1.82) is 0 Å². The lowest BCUT2D eigenvalue weighted by Crippen LogP contribution is -2.15. The molecule has 17 heavy (non-hydrogen) atoms. The molecule has 0 bridgehead atoms. The van der Waals surface area contributed by atoms with Gasteiger partial charge in [-0.05, 0) is 38.2 Å². The van der Waals surface area contributed by atoms with Crippen molar-refractivity contribution >= 4 is 12.1 Å². The number of aliphatic imine (C=N–C) groups is 2. The smallest absolute Gasteiger partial charge is 0.149 e. The van der Waals surface area contributed by atoms with Crippen molar-refractivity contribution in [3.8, 4) is 0 Å². The highest BCUT2D eigenvalue weighted by atomic mass is 14.9. The van der Waals surface area contributed by atoms with Crippen LogP contribution in [-0.2, 0) is 0 Å². The van der Waals surface area contributed by atoms with Gasteiger partial charge in [0, 0.05) is 12.4 Å². The van der Waals surface area contributed by atoms with Crippen LogP contribution in [0.2, 0.25) is 0 Å². The summed E-state index contributed by atoms with van der Waals surface area (Å²) in [5, 5.41) is 0. The van der Waals surface area contributed by atoms with Crippen molar-refractivity contribution in [2.45, 2.75) is 47.5 Å². The van der Waals surface area contributed by atoms with Gasteiger partial charge < -0.3 is 5.73 Å². The molecule has 0 radical (unpaired) electrons. The van der Waals surface area contributed by atoms with Gasteiger partial charge in [0.2, 0.25) is 0 Å². The molecule has 0 heterocycles. The van der Waals surface area contributed by atoms with Crippen molar-refractivity contribution in [2.75, 3.05) is 0 Å². The summed E-state index contributed by atoms with van der Waals surface area (Å²) in [6.45, 7) is 10.3. The Labute approximate surface area is 105 Å². The molecule has 3 nitrogen and oxygen atoms in total. The number of amidine groups is 1. The SMILES string of the molecule is CC/C=C\N=C(\N)C(/N=C\C(C)CC)=C(C)C. The lowest BCUT2D eigenvalue weighted by atomic mass is 10.1. The molecule has 0 aromatic rings. The molecule has 2 N–H and O–H groups in total. The third kappa shape index (κ3) is 6.72. The van der Waals surface area contributed by atoms with Crippen molar-refractivity contribution in [3.63, 3.8) is 0 Å². The van der Waals surface area contributed by atoms with Crippen LogP contribution in [0.1, 0.15) is 47.5 Å². The van der Waals surface area contributed by atoms with E-state index in [-0.39, 0.29) is 0 Å². The maximum absolute atomic E-state index is 5.91. The maximum atomic E-state index is 5.91. The molecule has 1 unspecified atom stereocenters. The third-order valence-corrected chi connectivity index (χ3v) is 2.37. The highest BCUT2D eigenvalue weighted by Gasteiger charge is 2.02. The molecule has 0 aromatic heterocycles. The number of nitrogens with zero attached hydrogens (tertiary/aromatic N) is 2. The van der Waals surface area contributed by atoms with E-state index in [1.54, 1.807) is 6.20 Å². The molecule has 0 rings (SSSR count). The first-order chi connectivity index (χ1) is 8.02. The summed E-state index contributed by atoms with van der Waals surface area (Å²) in [6, 6.07) is 0. The van der Waals surface area contributed by atoms with E-state index in [1.807, 2.05) is 26.1 Å². The van der Waals surface area contributed by atoms with Crippen LogP contribution in [0.25, 0.3) is 0 Å². The molecule has 96 valence electrons. The summed E-state index contributed by atoms with van der Waals surface area (Å²) in [6.07, 6.45) is 7.67. The molecule has 0 aliphatic carbocycles. The Morgan fingerprint density at radius 2 is 1.94 bits per heavy atom. The fourth-order valence-electron chi connectivity index (χ4n) is 1.06. The molecule has 3 heteroatoms. The van der Waals surface area contributed by atoms with Crippen LogP contribution >= 0.6 is 0 Å². The topological polar surface area (TPSA) is 50.7 Å². The minimum Gasteiger partial charge on any atom is -0.382 e. The highest BCUT2D eigenvalue weighted by molar-refractivity contribution is 5.98. The number of hydrogen-bond donors (Lipinski definition) is 1. The van der Waals surface area contributed by atoms with Gasteiger partial charge in [-0.1, -0.05) is 26.8 Å². The number of rotatable bonds is 6. The summed E-state index contributed by atoms with van der Waals surface area (Å²) < 4.78 is 0. The first-order valence-corrected chi connectivity index (χ1v) is 6.23. The van der Waals surface area contributed by atoms with Gasteiger partial charge in [-0.3, -0.25) is 4.99 Å². The van der Waals surface area contributed by atoms with Crippen molar-refractivity contribution in [2.24, 2.45) is 21.6 Å². The van der Waals surface area contributed by atoms with Gasteiger partial charge in [0.25, 0.3) is 0 Å². The van der Waals surface area contributed by atoms with E-state index < -0.39 is 0 Å². The molecule has 0 saturated heterocycles. The number of allylic oxidation sites excluding steroid dienone is 2. The molecule has 0 aromatic carbocycles. The second kappa shape index (κ2) is 8.74. The quantitative estimate of drug-likeness (QED) is 0.554. The van der Waals surface area contributed by atoms with Crippen LogP contribution in [0.5, 0.6) is 0 Å². The van der Waals surface area contributed by atoms with Gasteiger partial charge in [-0.15, -0.1) is 0 Å². The Bertz CT molecular complexity index is 331. The second-order valence-corrected chi connectivity index (χ2v) is 4.32. The van der Waals surface area contributed by atoms with E-state index in [4.69, 9.17) is 5.73 Å². The zero-order chi connectivity index (χ0) is 13.3. The average molecular weight is 235 g/mol. The third-order valence-electron chi connectivity index (χ3n) is 2.37. The van der Waals surface area contributed by atoms with E-state index in [9.17, 15) is 0 Å². The van der Waals surface area contributed by atoms with Gasteiger partial charge in [0.1, 0.15) is 11.5 Å². The Hall–Kier alpha value is -1.38. The molecular formula is C14H25N3. The van der Waals surface area contributed by atoms with E-state index >= 15 is 0 Å². The van der Waals surface area contributed by atoms with Crippen molar-refractivity contribution in [1.82, 2.24) is 0 Å². The monoisotopic (exact) mass is 235 g/mol. The molecule has 0 fully saturated rings. The van der Waals surface area contributed by atoms with Crippen molar-refractivity contribution < 1.29 is 0 Å². The van der Waals surface area contributed by atoms with Gasteiger partial charge in [0.05, 0.1) is 0 Å². The molecule has 0 amide bonds. The molecule has 0 saturated carbocycles. The summed E-state index contributed by atoms with van der Waals surface area (Å²) in [5.41, 5.74) is 7.78. The predicted molar refractivity (Wildman–Crippen MR) is 77.4 cm³/mol. The first kappa shape index (κ1) is 15.6. The molecule has 0 aliphatic heterocycles. The molecular weight excluding hydrogens is 210 g/mol. The van der Waals surface area contributed by atoms with E-state index in [0.717, 1.165) is 24.1 Å². The molecule has 0 aliphatic rings. The summed E-state index contributed by atoms with van der Waals surface area (Å²) in [5.74, 6) is 0.942. The zero-order valence-corrected chi connectivity index (χ0v) is 11.7. The van der Waals surface area contributed by atoms with Crippen molar-refractivity contribution in [3.05, 3.63) is 23.5 Å². The predicted octanol–water partition coefficient (Wildman–Crippen LogP) is 3.68. The second-order valence-electron chi connectivity index (χ2n) is 4.32. The summed E-state index contributed by atoms with van der Waals surface area (Å²) in [4.78, 5) is 8.62. The van der Waals surface area contributed by atoms with Crippen LogP contribution in [0.4, 0.5) is 0 Å². The van der Waals surface area contributed by atoms with Crippen LogP contribution in [-0.4, -0.2) is 12.1 Å². The molecule has 1 atom stereocenters. The lowest BCUT2D eigenvalue weighted by molar-refractivity contribution is 0.754. The van der Waals surface area contributed by atoms with Gasteiger partial charge in [0.15, 0.2) is 0 Å². The summed E-state index contributed by atoms with van der Waals surface area (Å²) >= 11 is 0. The Morgan fingerprint density at radius 1 is 1.29 bits per heavy atom. The normalized spacial score (nSPS) is 14.5. The Kier molecular flexibility index (Phi) is 8.03. The van der Waals surface area contributed by atoms with E-state index in [2.05, 4.69) is 30.8 Å². The number of nitrogens with two attached hydrogens (primary N) is 1. The summed E-state index contributed by atoms with van der Waals surface area (Å²) in [7, 11) is 0. The minimum atomic E-state index is 0.461. The fraction of sp³-hybridized carbons (Fsp3) is 0.571. The standard InChI is InChI=1S/C14H25N3/c1-6-8-9-16-14(15)13(11(3)4)17-10-12(5)7-2/h8-10,12H,6-7H2,1-5H3,(H2,15,16)/b9-8-,17-10-.